The van der Waals surface area contributed by atoms with Gasteiger partial charge in [-0.05, 0) is 54.3 Å². The van der Waals surface area contributed by atoms with Gasteiger partial charge in [0.1, 0.15) is 5.75 Å². The number of likely N-dealkylation sites (tertiary alicyclic amines) is 1. The zero-order valence-corrected chi connectivity index (χ0v) is 19.6. The Labute approximate surface area is 201 Å². The summed E-state index contributed by atoms with van der Waals surface area (Å²) in [5.41, 5.74) is 3.54. The molecule has 2 aliphatic rings. The number of hydrogen-bond acceptors (Lipinski definition) is 6. The summed E-state index contributed by atoms with van der Waals surface area (Å²) in [5.74, 6) is 1.87. The fraction of sp³-hybridized carbons (Fsp3) is 0.370. The number of benzene rings is 2. The van der Waals surface area contributed by atoms with Crippen molar-refractivity contribution >= 4 is 11.9 Å². The van der Waals surface area contributed by atoms with Crippen LogP contribution in [0.4, 0.5) is 5.95 Å². The van der Waals surface area contributed by atoms with Crippen molar-refractivity contribution in [3.63, 3.8) is 0 Å². The zero-order chi connectivity index (χ0) is 23.3. The Morgan fingerprint density at radius 3 is 2.44 bits per heavy atom. The number of piperazine rings is 1. The van der Waals surface area contributed by atoms with E-state index in [0.717, 1.165) is 74.9 Å². The normalized spacial score (nSPS) is 18.8. The third-order valence-electron chi connectivity index (χ3n) is 6.82. The summed E-state index contributed by atoms with van der Waals surface area (Å²) in [7, 11) is 1.69. The first-order valence-corrected chi connectivity index (χ1v) is 12.0. The Morgan fingerprint density at radius 1 is 0.941 bits per heavy atom. The van der Waals surface area contributed by atoms with E-state index < -0.39 is 0 Å². The number of ether oxygens (including phenoxy) is 1. The van der Waals surface area contributed by atoms with Gasteiger partial charge in [0.05, 0.1) is 13.2 Å². The van der Waals surface area contributed by atoms with Gasteiger partial charge in [0, 0.05) is 45.1 Å². The zero-order valence-electron chi connectivity index (χ0n) is 19.6. The highest BCUT2D eigenvalue weighted by Gasteiger charge is 2.35. The summed E-state index contributed by atoms with van der Waals surface area (Å²) in [4.78, 5) is 28.6. The first kappa shape index (κ1) is 22.3. The van der Waals surface area contributed by atoms with Gasteiger partial charge in [0.2, 0.25) is 11.9 Å². The van der Waals surface area contributed by atoms with Gasteiger partial charge >= 0.3 is 0 Å². The van der Waals surface area contributed by atoms with Gasteiger partial charge in [-0.25, -0.2) is 9.97 Å². The van der Waals surface area contributed by atoms with Crippen LogP contribution in [0.3, 0.4) is 0 Å². The number of amides is 1. The van der Waals surface area contributed by atoms with E-state index in [1.165, 1.54) is 5.56 Å². The number of methoxy groups -OCH3 is 1. The van der Waals surface area contributed by atoms with Crippen LogP contribution < -0.4 is 9.64 Å². The fourth-order valence-electron chi connectivity index (χ4n) is 4.93. The molecule has 1 atom stereocenters. The van der Waals surface area contributed by atoms with Gasteiger partial charge < -0.3 is 14.5 Å². The van der Waals surface area contributed by atoms with Crippen molar-refractivity contribution in [2.45, 2.75) is 25.4 Å². The van der Waals surface area contributed by atoms with Gasteiger partial charge in [-0.1, -0.05) is 36.4 Å². The number of carbonyl (C=O) groups excluding carboxylic acids is 1. The lowest BCUT2D eigenvalue weighted by Gasteiger charge is -2.37. The van der Waals surface area contributed by atoms with Crippen molar-refractivity contribution in [2.24, 2.45) is 0 Å². The van der Waals surface area contributed by atoms with E-state index in [0.29, 0.717) is 0 Å². The standard InChI is InChI=1S/C27H31N5O2/c1-34-24-6-2-5-23(19-24)22-10-8-21(9-11-22)20-32-14-3-7-25(32)26(33)30-15-17-31(18-16-30)27-28-12-4-13-29-27/h2,4-6,8-13,19,25H,3,7,14-18,20H2,1H3. The lowest BCUT2D eigenvalue weighted by Crippen LogP contribution is -2.53. The van der Waals surface area contributed by atoms with E-state index in [-0.39, 0.29) is 11.9 Å². The number of aromatic nitrogens is 2. The Kier molecular flexibility index (Phi) is 6.72. The number of carbonyl (C=O) groups is 1. The molecule has 0 radical (unpaired) electrons. The van der Waals surface area contributed by atoms with Gasteiger partial charge in [-0.2, -0.15) is 0 Å². The first-order valence-electron chi connectivity index (χ1n) is 12.0. The molecule has 2 aliphatic heterocycles. The van der Waals surface area contributed by atoms with Crippen molar-refractivity contribution in [1.29, 1.82) is 0 Å². The molecule has 34 heavy (non-hydrogen) atoms. The topological polar surface area (TPSA) is 61.8 Å². The van der Waals surface area contributed by atoms with Gasteiger partial charge in [-0.3, -0.25) is 9.69 Å². The highest BCUT2D eigenvalue weighted by atomic mass is 16.5. The quantitative estimate of drug-likeness (QED) is 0.565. The Balaban J connectivity index is 1.19. The Hall–Kier alpha value is -3.45. The maximum atomic E-state index is 13.4. The summed E-state index contributed by atoms with van der Waals surface area (Å²) < 4.78 is 5.35. The molecule has 7 nitrogen and oxygen atoms in total. The molecule has 1 unspecified atom stereocenters. The van der Waals surface area contributed by atoms with Gasteiger partial charge in [0.25, 0.3) is 0 Å². The SMILES string of the molecule is COc1cccc(-c2ccc(CN3CCCC3C(=O)N3CCN(c4ncccn4)CC3)cc2)c1. The van der Waals surface area contributed by atoms with E-state index in [9.17, 15) is 4.79 Å². The fourth-order valence-corrected chi connectivity index (χ4v) is 4.93. The van der Waals surface area contributed by atoms with Crippen LogP contribution in [-0.2, 0) is 11.3 Å². The summed E-state index contributed by atoms with van der Waals surface area (Å²) in [6, 6.07) is 18.6. The molecule has 2 saturated heterocycles. The van der Waals surface area contributed by atoms with Crippen LogP contribution in [0.5, 0.6) is 5.75 Å². The minimum atomic E-state index is -0.0300. The van der Waals surface area contributed by atoms with Crippen molar-refractivity contribution in [1.82, 2.24) is 19.8 Å². The summed E-state index contributed by atoms with van der Waals surface area (Å²) in [6.07, 6.45) is 5.53. The Bertz CT molecular complexity index is 1100. The summed E-state index contributed by atoms with van der Waals surface area (Å²) >= 11 is 0. The van der Waals surface area contributed by atoms with Crippen molar-refractivity contribution < 1.29 is 9.53 Å². The average Bonchev–Trinajstić information content (AvgIpc) is 3.37. The summed E-state index contributed by atoms with van der Waals surface area (Å²) in [5, 5.41) is 0. The molecule has 3 heterocycles. The lowest BCUT2D eigenvalue weighted by molar-refractivity contribution is -0.136. The van der Waals surface area contributed by atoms with Crippen LogP contribution in [0.2, 0.25) is 0 Å². The molecule has 0 aliphatic carbocycles. The maximum absolute atomic E-state index is 13.4. The van der Waals surface area contributed by atoms with Crippen LogP contribution in [0.25, 0.3) is 11.1 Å². The molecule has 0 saturated carbocycles. The number of rotatable bonds is 6. The molecule has 0 N–H and O–H groups in total. The van der Waals surface area contributed by atoms with E-state index in [1.54, 1.807) is 19.5 Å². The van der Waals surface area contributed by atoms with Crippen molar-refractivity contribution in [3.05, 3.63) is 72.6 Å². The maximum Gasteiger partial charge on any atom is 0.240 e. The number of nitrogens with zero attached hydrogens (tertiary/aromatic N) is 5. The average molecular weight is 458 g/mol. The molecular weight excluding hydrogens is 426 g/mol. The van der Waals surface area contributed by atoms with Crippen LogP contribution in [-0.4, -0.2) is 71.6 Å². The highest BCUT2D eigenvalue weighted by molar-refractivity contribution is 5.82. The van der Waals surface area contributed by atoms with Gasteiger partial charge in [0.15, 0.2) is 0 Å². The van der Waals surface area contributed by atoms with E-state index >= 15 is 0 Å². The second-order valence-electron chi connectivity index (χ2n) is 8.92. The molecular formula is C27H31N5O2. The number of anilines is 1. The molecule has 3 aromatic rings. The van der Waals surface area contributed by atoms with Gasteiger partial charge in [-0.15, -0.1) is 0 Å². The molecule has 2 fully saturated rings. The van der Waals surface area contributed by atoms with Crippen molar-refractivity contribution in [3.8, 4) is 16.9 Å². The number of hydrogen-bond donors (Lipinski definition) is 0. The van der Waals surface area contributed by atoms with E-state index in [4.69, 9.17) is 4.74 Å². The second-order valence-corrected chi connectivity index (χ2v) is 8.92. The van der Waals surface area contributed by atoms with Crippen molar-refractivity contribution in [2.75, 3.05) is 44.7 Å². The monoisotopic (exact) mass is 457 g/mol. The smallest absolute Gasteiger partial charge is 0.240 e. The predicted octanol–water partition coefficient (Wildman–Crippen LogP) is 3.47. The Morgan fingerprint density at radius 2 is 1.71 bits per heavy atom. The third kappa shape index (κ3) is 4.89. The van der Waals surface area contributed by atoms with Crippen LogP contribution in [0.15, 0.2) is 67.0 Å². The molecule has 5 rings (SSSR count). The molecule has 0 bridgehead atoms. The largest absolute Gasteiger partial charge is 0.497 e. The highest BCUT2D eigenvalue weighted by Crippen LogP contribution is 2.26. The second kappa shape index (κ2) is 10.2. The third-order valence-corrected chi connectivity index (χ3v) is 6.82. The minimum absolute atomic E-state index is 0.0300. The first-order chi connectivity index (χ1) is 16.7. The predicted molar refractivity (Wildman–Crippen MR) is 133 cm³/mol. The van der Waals surface area contributed by atoms with E-state index in [2.05, 4.69) is 50.1 Å². The van der Waals surface area contributed by atoms with Crippen LogP contribution in [0.1, 0.15) is 18.4 Å². The molecule has 1 aromatic heterocycles. The molecule has 1 amide bonds. The van der Waals surface area contributed by atoms with Crippen LogP contribution in [0, 0.1) is 0 Å². The van der Waals surface area contributed by atoms with E-state index in [1.807, 2.05) is 29.2 Å². The minimum Gasteiger partial charge on any atom is -0.497 e. The molecule has 176 valence electrons. The molecule has 7 heteroatoms. The summed E-state index contributed by atoms with van der Waals surface area (Å²) in [6.45, 7) is 4.74. The lowest BCUT2D eigenvalue weighted by atomic mass is 10.0. The van der Waals surface area contributed by atoms with Crippen LogP contribution >= 0.6 is 0 Å². The molecule has 2 aromatic carbocycles. The molecule has 0 spiro atoms.